The molecule has 1 heterocycles. The predicted octanol–water partition coefficient (Wildman–Crippen LogP) is 1.20. The standard InChI is InChI=1S/C15H26N2O4/c1-5-16(6-2)12(18)7-8-17-11(4)14(15(20)21)10(3)9-13(17)19/h10-11,14H,5-9H2,1-4H3,(H,20,21). The molecule has 6 heteroatoms. The van der Waals surface area contributed by atoms with Gasteiger partial charge < -0.3 is 14.9 Å². The van der Waals surface area contributed by atoms with E-state index in [2.05, 4.69) is 0 Å². The largest absolute Gasteiger partial charge is 0.481 e. The fraction of sp³-hybridized carbons (Fsp3) is 0.800. The Labute approximate surface area is 126 Å². The number of likely N-dealkylation sites (tertiary alicyclic amines) is 1. The first-order valence-electron chi connectivity index (χ1n) is 7.63. The first-order chi connectivity index (χ1) is 9.83. The number of hydrogen-bond acceptors (Lipinski definition) is 3. The summed E-state index contributed by atoms with van der Waals surface area (Å²) in [7, 11) is 0. The molecule has 1 rings (SSSR count). The Kier molecular flexibility index (Phi) is 6.18. The Morgan fingerprint density at radius 1 is 1.29 bits per heavy atom. The van der Waals surface area contributed by atoms with Crippen molar-refractivity contribution in [2.45, 2.75) is 46.6 Å². The van der Waals surface area contributed by atoms with Gasteiger partial charge in [-0.05, 0) is 26.7 Å². The fourth-order valence-corrected chi connectivity index (χ4v) is 3.14. The van der Waals surface area contributed by atoms with E-state index < -0.39 is 11.9 Å². The van der Waals surface area contributed by atoms with Crippen molar-refractivity contribution in [3.63, 3.8) is 0 Å². The van der Waals surface area contributed by atoms with Crippen LogP contribution in [0.1, 0.15) is 40.5 Å². The minimum atomic E-state index is -0.873. The summed E-state index contributed by atoms with van der Waals surface area (Å²) in [5, 5.41) is 9.31. The minimum absolute atomic E-state index is 0.00509. The van der Waals surface area contributed by atoms with Crippen molar-refractivity contribution < 1.29 is 19.5 Å². The second-order valence-electron chi connectivity index (χ2n) is 5.69. The molecule has 3 atom stereocenters. The van der Waals surface area contributed by atoms with Crippen LogP contribution in [0, 0.1) is 11.8 Å². The summed E-state index contributed by atoms with van der Waals surface area (Å²) >= 11 is 0. The average molecular weight is 298 g/mol. The summed E-state index contributed by atoms with van der Waals surface area (Å²) < 4.78 is 0. The van der Waals surface area contributed by atoms with Crippen LogP contribution in [-0.2, 0) is 14.4 Å². The van der Waals surface area contributed by atoms with Gasteiger partial charge in [0.25, 0.3) is 0 Å². The van der Waals surface area contributed by atoms with E-state index >= 15 is 0 Å². The van der Waals surface area contributed by atoms with E-state index in [1.807, 2.05) is 13.8 Å². The van der Waals surface area contributed by atoms with Crippen molar-refractivity contribution in [2.75, 3.05) is 19.6 Å². The molecule has 0 aromatic heterocycles. The summed E-state index contributed by atoms with van der Waals surface area (Å²) in [4.78, 5) is 38.8. The lowest BCUT2D eigenvalue weighted by Gasteiger charge is -2.40. The summed E-state index contributed by atoms with van der Waals surface area (Å²) in [6.45, 7) is 8.98. The maximum absolute atomic E-state index is 12.1. The van der Waals surface area contributed by atoms with Crippen molar-refractivity contribution in [2.24, 2.45) is 11.8 Å². The molecule has 21 heavy (non-hydrogen) atoms. The van der Waals surface area contributed by atoms with Gasteiger partial charge in [-0.1, -0.05) is 6.92 Å². The molecule has 6 nitrogen and oxygen atoms in total. The number of aliphatic carboxylic acids is 1. The highest BCUT2D eigenvalue weighted by Gasteiger charge is 2.41. The minimum Gasteiger partial charge on any atom is -0.481 e. The van der Waals surface area contributed by atoms with E-state index in [9.17, 15) is 19.5 Å². The highest BCUT2D eigenvalue weighted by Crippen LogP contribution is 2.30. The SMILES string of the molecule is CCN(CC)C(=O)CCN1C(=O)CC(C)C(C(=O)O)C1C. The molecule has 2 amide bonds. The Bertz CT molecular complexity index is 406. The molecule has 1 aliphatic rings. The molecular weight excluding hydrogens is 272 g/mol. The molecule has 120 valence electrons. The third kappa shape index (κ3) is 3.95. The van der Waals surface area contributed by atoms with Crippen LogP contribution in [0.2, 0.25) is 0 Å². The van der Waals surface area contributed by atoms with E-state index in [1.165, 1.54) is 0 Å². The maximum atomic E-state index is 12.1. The van der Waals surface area contributed by atoms with E-state index in [-0.39, 0.29) is 36.6 Å². The lowest BCUT2D eigenvalue weighted by atomic mass is 9.81. The molecule has 0 bridgehead atoms. The normalized spacial score (nSPS) is 25.8. The van der Waals surface area contributed by atoms with Crippen molar-refractivity contribution in [1.82, 2.24) is 9.80 Å². The number of carboxylic acid groups (broad SMARTS) is 1. The molecule has 1 aliphatic heterocycles. The number of rotatable bonds is 6. The smallest absolute Gasteiger partial charge is 0.308 e. The second kappa shape index (κ2) is 7.43. The van der Waals surface area contributed by atoms with Crippen LogP contribution in [0.15, 0.2) is 0 Å². The first-order valence-corrected chi connectivity index (χ1v) is 7.63. The van der Waals surface area contributed by atoms with E-state index in [0.717, 1.165) is 0 Å². The Morgan fingerprint density at radius 2 is 1.86 bits per heavy atom. The third-order valence-corrected chi connectivity index (χ3v) is 4.41. The van der Waals surface area contributed by atoms with Crippen LogP contribution < -0.4 is 0 Å². The van der Waals surface area contributed by atoms with Crippen LogP contribution in [0.3, 0.4) is 0 Å². The summed E-state index contributed by atoms with van der Waals surface area (Å²) in [5.41, 5.74) is 0. The van der Waals surface area contributed by atoms with Crippen molar-refractivity contribution in [3.8, 4) is 0 Å². The lowest BCUT2D eigenvalue weighted by molar-refractivity contribution is -0.154. The van der Waals surface area contributed by atoms with Gasteiger partial charge in [0.05, 0.1) is 5.92 Å². The number of carbonyl (C=O) groups excluding carboxylic acids is 2. The quantitative estimate of drug-likeness (QED) is 0.799. The number of piperidine rings is 1. The van der Waals surface area contributed by atoms with Gasteiger partial charge in [-0.2, -0.15) is 0 Å². The van der Waals surface area contributed by atoms with Crippen LogP contribution in [0.25, 0.3) is 0 Å². The third-order valence-electron chi connectivity index (χ3n) is 4.41. The number of hydrogen-bond donors (Lipinski definition) is 1. The summed E-state index contributed by atoms with van der Waals surface area (Å²) in [5.74, 6) is -1.65. The zero-order valence-electron chi connectivity index (χ0n) is 13.3. The molecule has 0 saturated carbocycles. The van der Waals surface area contributed by atoms with Gasteiger partial charge in [-0.25, -0.2) is 0 Å². The lowest BCUT2D eigenvalue weighted by Crippen LogP contribution is -2.53. The van der Waals surface area contributed by atoms with Gasteiger partial charge in [-0.15, -0.1) is 0 Å². The number of carboxylic acids is 1. The number of amides is 2. The van der Waals surface area contributed by atoms with Gasteiger partial charge in [0.15, 0.2) is 0 Å². The second-order valence-corrected chi connectivity index (χ2v) is 5.69. The van der Waals surface area contributed by atoms with Crippen LogP contribution in [-0.4, -0.2) is 58.4 Å². The van der Waals surface area contributed by atoms with Gasteiger partial charge in [0.1, 0.15) is 0 Å². The van der Waals surface area contributed by atoms with E-state index in [4.69, 9.17) is 0 Å². The molecule has 1 fully saturated rings. The van der Waals surface area contributed by atoms with Gasteiger partial charge in [-0.3, -0.25) is 14.4 Å². The molecule has 1 N–H and O–H groups in total. The van der Waals surface area contributed by atoms with E-state index in [0.29, 0.717) is 19.6 Å². The van der Waals surface area contributed by atoms with Crippen molar-refractivity contribution in [3.05, 3.63) is 0 Å². The monoisotopic (exact) mass is 298 g/mol. The molecule has 0 radical (unpaired) electrons. The van der Waals surface area contributed by atoms with Gasteiger partial charge in [0.2, 0.25) is 11.8 Å². The average Bonchev–Trinajstić information content (AvgIpc) is 2.38. The van der Waals surface area contributed by atoms with Crippen LogP contribution in [0.4, 0.5) is 0 Å². The summed E-state index contributed by atoms with van der Waals surface area (Å²) in [6.07, 6.45) is 0.485. The van der Waals surface area contributed by atoms with Crippen LogP contribution in [0.5, 0.6) is 0 Å². The predicted molar refractivity (Wildman–Crippen MR) is 78.6 cm³/mol. The fourth-order valence-electron chi connectivity index (χ4n) is 3.14. The molecule has 0 aromatic carbocycles. The topological polar surface area (TPSA) is 77.9 Å². The van der Waals surface area contributed by atoms with Crippen molar-refractivity contribution in [1.29, 1.82) is 0 Å². The van der Waals surface area contributed by atoms with Crippen LogP contribution >= 0.6 is 0 Å². The Balaban J connectivity index is 2.70. The van der Waals surface area contributed by atoms with Gasteiger partial charge in [0, 0.05) is 38.5 Å². The van der Waals surface area contributed by atoms with E-state index in [1.54, 1.807) is 23.6 Å². The number of nitrogens with zero attached hydrogens (tertiary/aromatic N) is 2. The Morgan fingerprint density at radius 3 is 2.33 bits per heavy atom. The molecule has 0 spiro atoms. The van der Waals surface area contributed by atoms with Crippen molar-refractivity contribution >= 4 is 17.8 Å². The highest BCUT2D eigenvalue weighted by molar-refractivity contribution is 5.83. The first kappa shape index (κ1) is 17.5. The molecular formula is C15H26N2O4. The molecule has 3 unspecified atom stereocenters. The molecule has 1 saturated heterocycles. The van der Waals surface area contributed by atoms with Gasteiger partial charge >= 0.3 is 5.97 Å². The highest BCUT2D eigenvalue weighted by atomic mass is 16.4. The zero-order valence-corrected chi connectivity index (χ0v) is 13.3. The molecule has 0 aromatic rings. The maximum Gasteiger partial charge on any atom is 0.308 e. The Hall–Kier alpha value is -1.59. The number of carbonyl (C=O) groups is 3. The summed E-state index contributed by atoms with van der Waals surface area (Å²) in [6, 6.07) is -0.372. The zero-order chi connectivity index (χ0) is 16.2. The molecule has 0 aliphatic carbocycles.